The van der Waals surface area contributed by atoms with E-state index in [4.69, 9.17) is 5.73 Å². The van der Waals surface area contributed by atoms with Gasteiger partial charge in [-0.2, -0.15) is 0 Å². The van der Waals surface area contributed by atoms with Gasteiger partial charge in [-0.3, -0.25) is 4.90 Å². The number of hydrogen-bond acceptors (Lipinski definition) is 3. The van der Waals surface area contributed by atoms with Crippen molar-refractivity contribution >= 4 is 35.6 Å². The number of piperazine rings is 1. The highest BCUT2D eigenvalue weighted by atomic mass is 127. The fourth-order valence-electron chi connectivity index (χ4n) is 3.42. The maximum absolute atomic E-state index is 5.95. The average molecular weight is 493 g/mol. The molecule has 5 nitrogen and oxygen atoms in total. The van der Waals surface area contributed by atoms with Gasteiger partial charge >= 0.3 is 0 Å². The zero-order valence-electron chi connectivity index (χ0n) is 16.8. The molecule has 1 saturated heterocycles. The maximum atomic E-state index is 5.95. The van der Waals surface area contributed by atoms with Crippen molar-refractivity contribution in [3.8, 4) is 0 Å². The Kier molecular flexibility index (Phi) is 9.05. The van der Waals surface area contributed by atoms with E-state index in [0.29, 0.717) is 18.5 Å². The van der Waals surface area contributed by atoms with Crippen molar-refractivity contribution in [1.82, 2.24) is 10.2 Å². The number of rotatable bonds is 6. The predicted molar refractivity (Wildman–Crippen MR) is 129 cm³/mol. The number of anilines is 1. The smallest absolute Gasteiger partial charge is 0.189 e. The van der Waals surface area contributed by atoms with Crippen LogP contribution < -0.4 is 16.0 Å². The Labute approximate surface area is 186 Å². The van der Waals surface area contributed by atoms with Gasteiger partial charge in [0.05, 0.1) is 6.54 Å². The molecule has 1 aliphatic rings. The second kappa shape index (κ2) is 11.3. The SMILES string of the molecule is CC(C)NC(N)=NCc1ccccc1CN1CCN(c2ccccc2)CC1.I. The number of guanidine groups is 1. The van der Waals surface area contributed by atoms with Crippen LogP contribution in [-0.2, 0) is 13.1 Å². The van der Waals surface area contributed by atoms with E-state index in [1.807, 2.05) is 0 Å². The molecular weight excluding hydrogens is 461 g/mol. The molecule has 1 fully saturated rings. The molecule has 3 N–H and O–H groups in total. The highest BCUT2D eigenvalue weighted by Crippen LogP contribution is 2.18. The van der Waals surface area contributed by atoms with Crippen LogP contribution in [0.4, 0.5) is 5.69 Å². The molecule has 0 unspecified atom stereocenters. The van der Waals surface area contributed by atoms with E-state index in [0.717, 1.165) is 32.7 Å². The third kappa shape index (κ3) is 6.67. The number of nitrogens with zero attached hydrogens (tertiary/aromatic N) is 3. The monoisotopic (exact) mass is 493 g/mol. The molecule has 152 valence electrons. The second-order valence-corrected chi connectivity index (χ2v) is 7.37. The number of nitrogens with two attached hydrogens (primary N) is 1. The number of aliphatic imine (C=N–C) groups is 1. The van der Waals surface area contributed by atoms with Gasteiger partial charge in [0, 0.05) is 44.5 Å². The molecule has 0 spiro atoms. The molecule has 0 aliphatic carbocycles. The molecule has 0 aromatic heterocycles. The van der Waals surface area contributed by atoms with Gasteiger partial charge in [-0.25, -0.2) is 4.99 Å². The fourth-order valence-corrected chi connectivity index (χ4v) is 3.42. The third-order valence-corrected chi connectivity index (χ3v) is 4.86. The molecule has 0 amide bonds. The summed E-state index contributed by atoms with van der Waals surface area (Å²) < 4.78 is 0. The van der Waals surface area contributed by atoms with Crippen LogP contribution in [0, 0.1) is 0 Å². The Bertz CT molecular complexity index is 740. The molecule has 6 heteroatoms. The number of nitrogens with one attached hydrogen (secondary N) is 1. The third-order valence-electron chi connectivity index (χ3n) is 4.86. The summed E-state index contributed by atoms with van der Waals surface area (Å²) in [5.41, 5.74) is 9.86. The standard InChI is InChI=1S/C22H31N5.HI/c1-18(2)25-22(23)24-16-19-8-6-7-9-20(19)17-26-12-14-27(15-13-26)21-10-4-3-5-11-21;/h3-11,18H,12-17H2,1-2H3,(H3,23,24,25);1H. The van der Waals surface area contributed by atoms with Gasteiger partial charge in [0.2, 0.25) is 0 Å². The first-order valence-electron chi connectivity index (χ1n) is 9.77. The van der Waals surface area contributed by atoms with Gasteiger partial charge in [-0.1, -0.05) is 42.5 Å². The summed E-state index contributed by atoms with van der Waals surface area (Å²) in [6.45, 7) is 9.98. The van der Waals surface area contributed by atoms with E-state index in [9.17, 15) is 0 Å². The lowest BCUT2D eigenvalue weighted by molar-refractivity contribution is 0.249. The Balaban J connectivity index is 0.00000280. The molecular formula is C22H32IN5. The van der Waals surface area contributed by atoms with E-state index in [-0.39, 0.29) is 24.0 Å². The largest absolute Gasteiger partial charge is 0.370 e. The van der Waals surface area contributed by atoms with Gasteiger partial charge in [0.15, 0.2) is 5.96 Å². The van der Waals surface area contributed by atoms with Crippen molar-refractivity contribution in [3.63, 3.8) is 0 Å². The van der Waals surface area contributed by atoms with E-state index in [2.05, 4.69) is 88.6 Å². The number of para-hydroxylation sites is 1. The molecule has 2 aromatic carbocycles. The van der Waals surface area contributed by atoms with Crippen LogP contribution in [-0.4, -0.2) is 43.1 Å². The predicted octanol–water partition coefficient (Wildman–Crippen LogP) is 3.44. The van der Waals surface area contributed by atoms with Crippen LogP contribution in [0.25, 0.3) is 0 Å². The number of benzene rings is 2. The van der Waals surface area contributed by atoms with Gasteiger partial charge < -0.3 is 16.0 Å². The van der Waals surface area contributed by atoms with Crippen molar-refractivity contribution in [1.29, 1.82) is 0 Å². The first kappa shape index (κ1) is 22.5. The number of halogens is 1. The van der Waals surface area contributed by atoms with Crippen LogP contribution in [0.3, 0.4) is 0 Å². The summed E-state index contributed by atoms with van der Waals surface area (Å²) in [5, 5.41) is 3.15. The van der Waals surface area contributed by atoms with Crippen LogP contribution in [0.2, 0.25) is 0 Å². The zero-order chi connectivity index (χ0) is 19.1. The Morgan fingerprint density at radius 2 is 1.57 bits per heavy atom. The summed E-state index contributed by atoms with van der Waals surface area (Å²) in [7, 11) is 0. The molecule has 1 aliphatic heterocycles. The summed E-state index contributed by atoms with van der Waals surface area (Å²) in [6, 6.07) is 19.5. The normalized spacial score (nSPS) is 15.4. The van der Waals surface area contributed by atoms with Crippen molar-refractivity contribution in [2.24, 2.45) is 10.7 Å². The highest BCUT2D eigenvalue weighted by molar-refractivity contribution is 14.0. The first-order chi connectivity index (χ1) is 13.1. The highest BCUT2D eigenvalue weighted by Gasteiger charge is 2.18. The minimum absolute atomic E-state index is 0. The average Bonchev–Trinajstić information content (AvgIpc) is 2.68. The quantitative estimate of drug-likeness (QED) is 0.368. The Morgan fingerprint density at radius 3 is 2.21 bits per heavy atom. The Morgan fingerprint density at radius 1 is 0.964 bits per heavy atom. The summed E-state index contributed by atoms with van der Waals surface area (Å²) >= 11 is 0. The lowest BCUT2D eigenvalue weighted by Crippen LogP contribution is -2.46. The van der Waals surface area contributed by atoms with Gasteiger partial charge in [0.1, 0.15) is 0 Å². The van der Waals surface area contributed by atoms with Gasteiger partial charge in [-0.05, 0) is 37.1 Å². The maximum Gasteiger partial charge on any atom is 0.189 e. The summed E-state index contributed by atoms with van der Waals surface area (Å²) in [4.78, 5) is 9.49. The minimum Gasteiger partial charge on any atom is -0.370 e. The molecule has 1 heterocycles. The van der Waals surface area contributed by atoms with E-state index in [1.165, 1.54) is 16.8 Å². The van der Waals surface area contributed by atoms with Gasteiger partial charge in [-0.15, -0.1) is 24.0 Å². The van der Waals surface area contributed by atoms with Crippen LogP contribution in [0.1, 0.15) is 25.0 Å². The van der Waals surface area contributed by atoms with Crippen molar-refractivity contribution in [3.05, 3.63) is 65.7 Å². The second-order valence-electron chi connectivity index (χ2n) is 7.37. The topological polar surface area (TPSA) is 56.9 Å². The van der Waals surface area contributed by atoms with Crippen LogP contribution >= 0.6 is 24.0 Å². The lowest BCUT2D eigenvalue weighted by Gasteiger charge is -2.36. The van der Waals surface area contributed by atoms with E-state index in [1.54, 1.807) is 0 Å². The molecule has 2 aromatic rings. The van der Waals surface area contributed by atoms with Gasteiger partial charge in [0.25, 0.3) is 0 Å². The van der Waals surface area contributed by atoms with Crippen LogP contribution in [0.5, 0.6) is 0 Å². The molecule has 28 heavy (non-hydrogen) atoms. The molecule has 0 saturated carbocycles. The van der Waals surface area contributed by atoms with E-state index < -0.39 is 0 Å². The minimum atomic E-state index is 0. The van der Waals surface area contributed by atoms with E-state index >= 15 is 0 Å². The van der Waals surface area contributed by atoms with Crippen molar-refractivity contribution in [2.45, 2.75) is 33.0 Å². The molecule has 0 radical (unpaired) electrons. The van der Waals surface area contributed by atoms with Crippen LogP contribution in [0.15, 0.2) is 59.6 Å². The fraction of sp³-hybridized carbons (Fsp3) is 0.409. The van der Waals surface area contributed by atoms with Crippen molar-refractivity contribution in [2.75, 3.05) is 31.1 Å². The molecule has 0 atom stereocenters. The van der Waals surface area contributed by atoms with Crippen molar-refractivity contribution < 1.29 is 0 Å². The summed E-state index contributed by atoms with van der Waals surface area (Å²) in [5.74, 6) is 0.510. The first-order valence-corrected chi connectivity index (χ1v) is 9.77. The molecule has 0 bridgehead atoms. The Hall–Kier alpha value is -1.80. The summed E-state index contributed by atoms with van der Waals surface area (Å²) in [6.07, 6.45) is 0. The number of hydrogen-bond donors (Lipinski definition) is 2. The zero-order valence-corrected chi connectivity index (χ0v) is 19.2. The lowest BCUT2D eigenvalue weighted by atomic mass is 10.1. The molecule has 3 rings (SSSR count).